The number of aromatic nitrogens is 1. The van der Waals surface area contributed by atoms with Crippen molar-refractivity contribution in [2.24, 2.45) is 0 Å². The van der Waals surface area contributed by atoms with Crippen LogP contribution >= 0.6 is 23.2 Å². The first-order valence-electron chi connectivity index (χ1n) is 4.28. The molecule has 4 nitrogen and oxygen atoms in total. The van der Waals surface area contributed by atoms with Gasteiger partial charge >= 0.3 is 5.97 Å². The highest BCUT2D eigenvalue weighted by Crippen LogP contribution is 2.33. The molecule has 16 heavy (non-hydrogen) atoms. The Kier molecular flexibility index (Phi) is 2.61. The zero-order valence-corrected chi connectivity index (χ0v) is 9.38. The van der Waals surface area contributed by atoms with Gasteiger partial charge in [0.25, 0.3) is 0 Å². The minimum absolute atomic E-state index is 0.0741. The molecule has 0 aliphatic carbocycles. The third-order valence-corrected chi connectivity index (χ3v) is 2.81. The summed E-state index contributed by atoms with van der Waals surface area (Å²) in [5.74, 6) is -1.15. The second-order valence-electron chi connectivity index (χ2n) is 3.14. The number of hydrogen-bond donors (Lipinski definition) is 2. The molecule has 0 amide bonds. The van der Waals surface area contributed by atoms with E-state index in [2.05, 4.69) is 4.98 Å². The van der Waals surface area contributed by atoms with Crippen LogP contribution < -0.4 is 5.73 Å². The number of benzene rings is 1. The van der Waals surface area contributed by atoms with E-state index in [9.17, 15) is 4.79 Å². The Hall–Kier alpha value is -1.52. The second kappa shape index (κ2) is 3.81. The molecule has 1 aromatic heterocycles. The Balaban J connectivity index is 2.94. The fraction of sp³-hybridized carbons (Fsp3) is 0. The van der Waals surface area contributed by atoms with Crippen LogP contribution in [0.25, 0.3) is 10.9 Å². The van der Waals surface area contributed by atoms with Gasteiger partial charge in [0.05, 0.1) is 21.2 Å². The summed E-state index contributed by atoms with van der Waals surface area (Å²) >= 11 is 11.8. The van der Waals surface area contributed by atoms with Gasteiger partial charge in [0.1, 0.15) is 5.56 Å². The predicted molar refractivity (Wildman–Crippen MR) is 63.1 cm³/mol. The van der Waals surface area contributed by atoms with E-state index in [1.54, 1.807) is 12.1 Å². The quantitative estimate of drug-likeness (QED) is 0.823. The highest BCUT2D eigenvalue weighted by atomic mass is 35.5. The average Bonchev–Trinajstić information content (AvgIpc) is 2.23. The Morgan fingerprint density at radius 3 is 2.56 bits per heavy atom. The lowest BCUT2D eigenvalue weighted by Gasteiger charge is -2.07. The second-order valence-corrected chi connectivity index (χ2v) is 3.96. The maximum Gasteiger partial charge on any atom is 0.339 e. The SMILES string of the molecule is Nc1c(C(=O)O)cnc2c(Cl)ccc(Cl)c12. The number of fused-ring (bicyclic) bond motifs is 1. The van der Waals surface area contributed by atoms with Gasteiger partial charge in [-0.15, -0.1) is 0 Å². The van der Waals surface area contributed by atoms with Gasteiger partial charge in [0.15, 0.2) is 0 Å². The number of nitrogen functional groups attached to an aromatic ring is 1. The molecule has 0 aliphatic heterocycles. The molecule has 0 unspecified atom stereocenters. The van der Waals surface area contributed by atoms with Crippen LogP contribution in [0.15, 0.2) is 18.3 Å². The fourth-order valence-corrected chi connectivity index (χ4v) is 1.89. The number of nitrogens with two attached hydrogens (primary N) is 1. The molecule has 1 aromatic carbocycles. The lowest BCUT2D eigenvalue weighted by molar-refractivity contribution is 0.0698. The van der Waals surface area contributed by atoms with Crippen LogP contribution in [-0.2, 0) is 0 Å². The third-order valence-electron chi connectivity index (χ3n) is 2.19. The van der Waals surface area contributed by atoms with E-state index in [0.29, 0.717) is 20.9 Å². The molecule has 0 fully saturated rings. The smallest absolute Gasteiger partial charge is 0.339 e. The molecule has 0 atom stereocenters. The molecule has 0 saturated carbocycles. The predicted octanol–water partition coefficient (Wildman–Crippen LogP) is 2.82. The number of carboxylic acid groups (broad SMARTS) is 1. The Bertz CT molecular complexity index is 599. The number of rotatable bonds is 1. The first-order valence-corrected chi connectivity index (χ1v) is 5.03. The van der Waals surface area contributed by atoms with Gasteiger partial charge in [0.2, 0.25) is 0 Å². The molecule has 0 spiro atoms. The van der Waals surface area contributed by atoms with Crippen molar-refractivity contribution >= 4 is 45.8 Å². The summed E-state index contributed by atoms with van der Waals surface area (Å²) in [7, 11) is 0. The minimum Gasteiger partial charge on any atom is -0.478 e. The van der Waals surface area contributed by atoms with Crippen molar-refractivity contribution in [3.63, 3.8) is 0 Å². The lowest BCUT2D eigenvalue weighted by Crippen LogP contribution is -2.04. The molecule has 0 bridgehead atoms. The first kappa shape index (κ1) is 11.0. The summed E-state index contributed by atoms with van der Waals surface area (Å²) in [6, 6.07) is 3.13. The van der Waals surface area contributed by atoms with Gasteiger partial charge in [-0.25, -0.2) is 4.79 Å². The van der Waals surface area contributed by atoms with E-state index in [1.807, 2.05) is 0 Å². The largest absolute Gasteiger partial charge is 0.478 e. The molecule has 0 saturated heterocycles. The number of carboxylic acids is 1. The van der Waals surface area contributed by atoms with Gasteiger partial charge in [-0.1, -0.05) is 23.2 Å². The molecule has 82 valence electrons. The highest BCUT2D eigenvalue weighted by molar-refractivity contribution is 6.41. The van der Waals surface area contributed by atoms with Gasteiger partial charge in [0, 0.05) is 11.6 Å². The van der Waals surface area contributed by atoms with E-state index in [1.165, 1.54) is 6.20 Å². The summed E-state index contributed by atoms with van der Waals surface area (Å²) in [6.45, 7) is 0. The van der Waals surface area contributed by atoms with Crippen LogP contribution in [0, 0.1) is 0 Å². The van der Waals surface area contributed by atoms with Crippen molar-refractivity contribution in [3.8, 4) is 0 Å². The molecule has 0 aliphatic rings. The molecule has 2 rings (SSSR count). The Morgan fingerprint density at radius 1 is 1.31 bits per heavy atom. The van der Waals surface area contributed by atoms with Crippen LogP contribution in [0.5, 0.6) is 0 Å². The van der Waals surface area contributed by atoms with Gasteiger partial charge in [-0.2, -0.15) is 0 Å². The Labute approximate surface area is 101 Å². The monoisotopic (exact) mass is 256 g/mol. The average molecular weight is 257 g/mol. The summed E-state index contributed by atoms with van der Waals surface area (Å²) in [5.41, 5.74) is 6.11. The molecule has 2 aromatic rings. The van der Waals surface area contributed by atoms with Gasteiger partial charge in [-0.05, 0) is 12.1 Å². The third kappa shape index (κ3) is 1.56. The summed E-state index contributed by atoms with van der Waals surface area (Å²) in [6.07, 6.45) is 1.17. The standard InChI is InChI=1S/C10H6Cl2N2O2/c11-5-1-2-6(12)9-7(5)8(13)4(3-14-9)10(15)16/h1-3H,(H2,13,14)(H,15,16). The number of anilines is 1. The van der Waals surface area contributed by atoms with Crippen molar-refractivity contribution in [1.29, 1.82) is 0 Å². The highest BCUT2D eigenvalue weighted by Gasteiger charge is 2.15. The normalized spacial score (nSPS) is 10.6. The van der Waals surface area contributed by atoms with Gasteiger partial charge < -0.3 is 10.8 Å². The Morgan fingerprint density at radius 2 is 1.94 bits per heavy atom. The van der Waals surface area contributed by atoms with E-state index >= 15 is 0 Å². The van der Waals surface area contributed by atoms with E-state index in [-0.39, 0.29) is 11.3 Å². The van der Waals surface area contributed by atoms with E-state index in [0.717, 1.165) is 0 Å². The summed E-state index contributed by atoms with van der Waals surface area (Å²) < 4.78 is 0. The van der Waals surface area contributed by atoms with Crippen molar-refractivity contribution in [2.75, 3.05) is 5.73 Å². The van der Waals surface area contributed by atoms with Crippen molar-refractivity contribution in [2.45, 2.75) is 0 Å². The number of aromatic carboxylic acids is 1. The molecular weight excluding hydrogens is 251 g/mol. The zero-order chi connectivity index (χ0) is 11.9. The number of hydrogen-bond acceptors (Lipinski definition) is 3. The number of pyridine rings is 1. The van der Waals surface area contributed by atoms with Crippen LogP contribution in [0.2, 0.25) is 10.0 Å². The molecule has 6 heteroatoms. The number of carbonyl (C=O) groups is 1. The first-order chi connectivity index (χ1) is 7.52. The maximum absolute atomic E-state index is 10.9. The van der Waals surface area contributed by atoms with Crippen LogP contribution in [0.4, 0.5) is 5.69 Å². The number of halogens is 2. The minimum atomic E-state index is -1.15. The van der Waals surface area contributed by atoms with Crippen molar-refractivity contribution in [3.05, 3.63) is 33.9 Å². The molecule has 1 heterocycles. The molecule has 3 N–H and O–H groups in total. The summed E-state index contributed by atoms with van der Waals surface area (Å²) in [5, 5.41) is 9.96. The van der Waals surface area contributed by atoms with Crippen LogP contribution in [0.1, 0.15) is 10.4 Å². The fourth-order valence-electron chi connectivity index (χ4n) is 1.43. The van der Waals surface area contributed by atoms with E-state index in [4.69, 9.17) is 34.0 Å². The topological polar surface area (TPSA) is 76.2 Å². The molecule has 0 radical (unpaired) electrons. The maximum atomic E-state index is 10.9. The van der Waals surface area contributed by atoms with Crippen LogP contribution in [-0.4, -0.2) is 16.1 Å². The van der Waals surface area contributed by atoms with Crippen molar-refractivity contribution in [1.82, 2.24) is 4.98 Å². The summed E-state index contributed by atoms with van der Waals surface area (Å²) in [4.78, 5) is 14.8. The van der Waals surface area contributed by atoms with Crippen LogP contribution in [0.3, 0.4) is 0 Å². The lowest BCUT2D eigenvalue weighted by atomic mass is 10.1. The zero-order valence-electron chi connectivity index (χ0n) is 7.87. The van der Waals surface area contributed by atoms with E-state index < -0.39 is 5.97 Å². The van der Waals surface area contributed by atoms with Gasteiger partial charge in [-0.3, -0.25) is 4.98 Å². The van der Waals surface area contributed by atoms with Crippen molar-refractivity contribution < 1.29 is 9.90 Å². The number of nitrogens with zero attached hydrogens (tertiary/aromatic N) is 1. The molecular formula is C10H6Cl2N2O2.